The number of ether oxygens (including phenoxy) is 1. The van der Waals surface area contributed by atoms with E-state index >= 15 is 0 Å². The van der Waals surface area contributed by atoms with Crippen molar-refractivity contribution in [1.82, 2.24) is 10.2 Å². The monoisotopic (exact) mass is 531 g/mol. The molecule has 3 rings (SSSR count). The summed E-state index contributed by atoms with van der Waals surface area (Å²) < 4.78 is 5.34. The van der Waals surface area contributed by atoms with Crippen LogP contribution in [0.15, 0.2) is 42.5 Å². The molecule has 36 heavy (non-hydrogen) atoms. The molecule has 1 fully saturated rings. The average Bonchev–Trinajstić information content (AvgIpc) is 3.62. The highest BCUT2D eigenvalue weighted by molar-refractivity contribution is 7.80. The number of benzene rings is 2. The first kappa shape index (κ1) is 27.9. The van der Waals surface area contributed by atoms with Gasteiger partial charge < -0.3 is 20.3 Å². The molecule has 194 valence electrons. The van der Waals surface area contributed by atoms with Gasteiger partial charge in [-0.15, -0.1) is 0 Å². The van der Waals surface area contributed by atoms with Gasteiger partial charge in [0.05, 0.1) is 10.7 Å². The first-order chi connectivity index (χ1) is 16.9. The van der Waals surface area contributed by atoms with Crippen molar-refractivity contribution in [1.29, 1.82) is 0 Å². The van der Waals surface area contributed by atoms with Crippen LogP contribution in [-0.2, 0) is 14.3 Å². The van der Waals surface area contributed by atoms with Crippen LogP contribution in [0.25, 0.3) is 0 Å². The molecule has 1 aliphatic rings. The molecule has 2 N–H and O–H groups in total. The number of halogens is 1. The zero-order chi connectivity index (χ0) is 26.6. The molecule has 9 heteroatoms. The van der Waals surface area contributed by atoms with Crippen molar-refractivity contribution < 1.29 is 19.1 Å². The van der Waals surface area contributed by atoms with Gasteiger partial charge in [0.2, 0.25) is 5.91 Å². The summed E-state index contributed by atoms with van der Waals surface area (Å²) >= 11 is 10.7. The topological polar surface area (TPSA) is 87.7 Å². The van der Waals surface area contributed by atoms with E-state index < -0.39 is 29.7 Å². The third-order valence-corrected chi connectivity index (χ3v) is 6.53. The van der Waals surface area contributed by atoms with Gasteiger partial charge in [-0.25, -0.2) is 4.79 Å². The molecule has 2 unspecified atom stereocenters. The molecule has 0 radical (unpaired) electrons. The van der Waals surface area contributed by atoms with E-state index in [1.165, 1.54) is 0 Å². The Morgan fingerprint density at radius 2 is 1.72 bits per heavy atom. The molecular weight excluding hydrogens is 498 g/mol. The molecule has 1 aliphatic carbocycles. The van der Waals surface area contributed by atoms with E-state index in [-0.39, 0.29) is 17.7 Å². The summed E-state index contributed by atoms with van der Waals surface area (Å²) in [5.41, 5.74) is 2.16. The normalized spacial score (nSPS) is 15.0. The van der Waals surface area contributed by atoms with Gasteiger partial charge in [-0.2, -0.15) is 12.6 Å². The van der Waals surface area contributed by atoms with E-state index in [0.29, 0.717) is 16.3 Å². The number of alkyl carbamates (subject to hydrolysis) is 1. The predicted octanol–water partition coefficient (Wildman–Crippen LogP) is 5.45. The van der Waals surface area contributed by atoms with Crippen LogP contribution in [0.1, 0.15) is 56.3 Å². The van der Waals surface area contributed by atoms with Gasteiger partial charge in [0.25, 0.3) is 5.91 Å². The van der Waals surface area contributed by atoms with Crippen molar-refractivity contribution in [3.63, 3.8) is 0 Å². The van der Waals surface area contributed by atoms with E-state index in [1.54, 1.807) is 31.7 Å². The number of hydrogen-bond donors (Lipinski definition) is 3. The molecule has 2 aromatic carbocycles. The number of nitrogens with zero attached hydrogens (tertiary/aromatic N) is 1. The van der Waals surface area contributed by atoms with Gasteiger partial charge in [0.15, 0.2) is 0 Å². The van der Waals surface area contributed by atoms with Crippen molar-refractivity contribution in [2.45, 2.75) is 71.2 Å². The fourth-order valence-corrected chi connectivity index (χ4v) is 4.50. The Hall–Kier alpha value is -2.71. The number of rotatable bonds is 8. The molecule has 1 saturated carbocycles. The molecule has 7 nitrogen and oxygen atoms in total. The maximum Gasteiger partial charge on any atom is 0.408 e. The zero-order valence-electron chi connectivity index (χ0n) is 21.3. The van der Waals surface area contributed by atoms with Crippen LogP contribution in [0.3, 0.4) is 0 Å². The lowest BCUT2D eigenvalue weighted by Crippen LogP contribution is -2.54. The summed E-state index contributed by atoms with van der Waals surface area (Å²) in [7, 11) is 0. The van der Waals surface area contributed by atoms with Crippen molar-refractivity contribution in [3.8, 4) is 0 Å². The molecule has 0 bridgehead atoms. The van der Waals surface area contributed by atoms with E-state index in [2.05, 4.69) is 23.3 Å². The molecule has 0 aliphatic heterocycles. The van der Waals surface area contributed by atoms with Crippen LogP contribution in [0.4, 0.5) is 10.5 Å². The van der Waals surface area contributed by atoms with Crippen molar-refractivity contribution in [3.05, 3.63) is 64.2 Å². The zero-order valence-corrected chi connectivity index (χ0v) is 23.0. The molecule has 3 amide bonds. The third-order valence-electron chi connectivity index (χ3n) is 5.85. The van der Waals surface area contributed by atoms with E-state index in [0.717, 1.165) is 24.0 Å². The Bertz CT molecular complexity index is 1110. The number of carbonyl (C=O) groups excluding carboxylic acids is 3. The molecule has 0 heterocycles. The van der Waals surface area contributed by atoms with Crippen LogP contribution in [0.5, 0.6) is 0 Å². The number of nitrogens with one attached hydrogen (secondary N) is 2. The highest BCUT2D eigenvalue weighted by Gasteiger charge is 2.44. The minimum atomic E-state index is -0.967. The fourth-order valence-electron chi connectivity index (χ4n) is 3.98. The second-order valence-corrected chi connectivity index (χ2v) is 10.8. The van der Waals surface area contributed by atoms with E-state index in [4.69, 9.17) is 16.3 Å². The minimum absolute atomic E-state index is 0.0486. The highest BCUT2D eigenvalue weighted by Crippen LogP contribution is 2.38. The number of anilines is 1. The van der Waals surface area contributed by atoms with Crippen LogP contribution >= 0.6 is 24.2 Å². The quantitative estimate of drug-likeness (QED) is 0.395. The number of para-hydroxylation sites is 1. The Kier molecular flexibility index (Phi) is 8.95. The van der Waals surface area contributed by atoms with Crippen molar-refractivity contribution >= 4 is 47.8 Å². The first-order valence-electron chi connectivity index (χ1n) is 12.0. The summed E-state index contributed by atoms with van der Waals surface area (Å²) in [6.07, 6.45) is 0.811. The summed E-state index contributed by atoms with van der Waals surface area (Å²) in [6.45, 7) is 9.00. The number of aryl methyl sites for hydroxylation is 2. The maximum atomic E-state index is 13.9. The lowest BCUT2D eigenvalue weighted by molar-refractivity contribution is -0.141. The number of hydrogen-bond acceptors (Lipinski definition) is 5. The van der Waals surface area contributed by atoms with Gasteiger partial charge in [0, 0.05) is 11.8 Å². The van der Waals surface area contributed by atoms with Crippen LogP contribution in [0.2, 0.25) is 5.02 Å². The third kappa shape index (κ3) is 6.95. The second-order valence-electron chi connectivity index (χ2n) is 10.0. The maximum absolute atomic E-state index is 13.9. The molecule has 2 aromatic rings. The summed E-state index contributed by atoms with van der Waals surface area (Å²) in [6, 6.07) is 10.8. The molecule has 0 aromatic heterocycles. The Balaban J connectivity index is 1.99. The molecular formula is C27H34ClN3O4S. The molecule has 0 spiro atoms. The second kappa shape index (κ2) is 11.6. The average molecular weight is 532 g/mol. The Morgan fingerprint density at radius 3 is 2.28 bits per heavy atom. The van der Waals surface area contributed by atoms with Gasteiger partial charge >= 0.3 is 6.09 Å². The largest absolute Gasteiger partial charge is 0.444 e. The first-order valence-corrected chi connectivity index (χ1v) is 13.0. The van der Waals surface area contributed by atoms with Gasteiger partial charge in [-0.3, -0.25) is 9.59 Å². The lowest BCUT2D eigenvalue weighted by atomic mass is 9.97. The molecule has 2 atom stereocenters. The number of amides is 3. The summed E-state index contributed by atoms with van der Waals surface area (Å²) in [5, 5.41) is 6.00. The van der Waals surface area contributed by atoms with Crippen molar-refractivity contribution in [2.75, 3.05) is 11.1 Å². The molecule has 0 saturated heterocycles. The highest BCUT2D eigenvalue weighted by atomic mass is 35.5. The lowest BCUT2D eigenvalue weighted by Gasteiger charge is -2.35. The Morgan fingerprint density at radius 1 is 1.08 bits per heavy atom. The van der Waals surface area contributed by atoms with Crippen LogP contribution in [-0.4, -0.2) is 46.2 Å². The van der Waals surface area contributed by atoms with E-state index in [9.17, 15) is 14.4 Å². The smallest absolute Gasteiger partial charge is 0.408 e. The SMILES string of the molecule is Cc1ccccc1C(C(=O)Nc1c(C)cccc1Cl)N(C(=O)C(CS)NC(=O)OC(C)(C)C)C1CC1. The number of thiol groups is 1. The summed E-state index contributed by atoms with van der Waals surface area (Å²) in [4.78, 5) is 41.8. The van der Waals surface area contributed by atoms with E-state index in [1.807, 2.05) is 50.2 Å². The predicted molar refractivity (Wildman–Crippen MR) is 146 cm³/mol. The van der Waals surface area contributed by atoms with Crippen LogP contribution < -0.4 is 10.6 Å². The summed E-state index contributed by atoms with van der Waals surface area (Å²) in [5.74, 6) is -0.721. The fraction of sp³-hybridized carbons (Fsp3) is 0.444. The van der Waals surface area contributed by atoms with Gasteiger partial charge in [0.1, 0.15) is 17.7 Å². The minimum Gasteiger partial charge on any atom is -0.444 e. The standard InChI is InChI=1S/C27H34ClN3O4S/c1-16-9-6-7-11-19(16)23(24(32)30-22-17(2)10-8-12-20(22)28)31(18-13-14-18)25(33)21(15-36)29-26(34)35-27(3,4)5/h6-12,18,21,23,36H,13-15H2,1-5H3,(H,29,34)(H,30,32). The van der Waals surface area contributed by atoms with Crippen LogP contribution in [0, 0.1) is 13.8 Å². The van der Waals surface area contributed by atoms with Gasteiger partial charge in [-0.1, -0.05) is 48.0 Å². The van der Waals surface area contributed by atoms with Crippen molar-refractivity contribution in [2.24, 2.45) is 0 Å². The Labute approximate surface area is 223 Å². The number of carbonyl (C=O) groups is 3. The van der Waals surface area contributed by atoms with Gasteiger partial charge in [-0.05, 0) is 70.2 Å².